The van der Waals surface area contributed by atoms with Crippen LogP contribution >= 0.6 is 0 Å². The minimum Gasteiger partial charge on any atom is -0.311 e. The lowest BCUT2D eigenvalue weighted by molar-refractivity contribution is -0.189. The van der Waals surface area contributed by atoms with Crippen LogP contribution in [0.25, 0.3) is 0 Å². The van der Waals surface area contributed by atoms with Crippen LogP contribution in [0.5, 0.6) is 0 Å². The van der Waals surface area contributed by atoms with Gasteiger partial charge in [-0.15, -0.1) is 0 Å². The molecule has 0 bridgehead atoms. The smallest absolute Gasteiger partial charge is 0.311 e. The van der Waals surface area contributed by atoms with Gasteiger partial charge in [0, 0.05) is 24.4 Å². The molecule has 4 nitrogen and oxygen atoms in total. The normalized spacial score (nSPS) is 21.7. The molecule has 2 aromatic rings. The van der Waals surface area contributed by atoms with Crippen molar-refractivity contribution >= 4 is 11.7 Å². The Labute approximate surface area is 173 Å². The van der Waals surface area contributed by atoms with E-state index >= 15 is 0 Å². The van der Waals surface area contributed by atoms with Crippen molar-refractivity contribution in [3.8, 4) is 0 Å². The molecule has 0 unspecified atom stereocenters. The van der Waals surface area contributed by atoms with E-state index in [1.807, 2.05) is 18.2 Å². The van der Waals surface area contributed by atoms with Gasteiger partial charge in [0.2, 0.25) is 5.91 Å². The number of halogens is 3. The van der Waals surface area contributed by atoms with Crippen molar-refractivity contribution in [3.05, 3.63) is 47.2 Å². The fraction of sp³-hybridized carbons (Fsp3) is 0.565. The van der Waals surface area contributed by atoms with Crippen LogP contribution in [0.3, 0.4) is 0 Å². The second-order valence-electron chi connectivity index (χ2n) is 9.31. The van der Waals surface area contributed by atoms with Gasteiger partial charge in [0.25, 0.3) is 0 Å². The summed E-state index contributed by atoms with van der Waals surface area (Å²) in [5, 5.41) is 7.65. The maximum Gasteiger partial charge on any atom is 0.395 e. The summed E-state index contributed by atoms with van der Waals surface area (Å²) in [4.78, 5) is 12.6. The predicted molar refractivity (Wildman–Crippen MR) is 107 cm³/mol. The molecular formula is C23H26F3N3O. The lowest BCUT2D eigenvalue weighted by Gasteiger charge is -2.29. The minimum absolute atomic E-state index is 0.0349. The monoisotopic (exact) mass is 417 g/mol. The van der Waals surface area contributed by atoms with E-state index in [9.17, 15) is 18.0 Å². The number of carbonyl (C=O) groups is 1. The van der Waals surface area contributed by atoms with Gasteiger partial charge in [-0.2, -0.15) is 18.3 Å². The highest BCUT2D eigenvalue weighted by Crippen LogP contribution is 2.60. The van der Waals surface area contributed by atoms with Crippen molar-refractivity contribution < 1.29 is 18.0 Å². The molecule has 7 heteroatoms. The van der Waals surface area contributed by atoms with Crippen molar-refractivity contribution in [2.45, 2.75) is 68.9 Å². The lowest BCUT2D eigenvalue weighted by atomic mass is 9.76. The number of hydrogen-bond donors (Lipinski definition) is 1. The Balaban J connectivity index is 1.47. The van der Waals surface area contributed by atoms with Crippen LogP contribution in [-0.2, 0) is 17.3 Å². The van der Waals surface area contributed by atoms with E-state index < -0.39 is 23.9 Å². The predicted octanol–water partition coefficient (Wildman–Crippen LogP) is 5.44. The van der Waals surface area contributed by atoms with Crippen LogP contribution < -0.4 is 5.32 Å². The number of hydrogen-bond acceptors (Lipinski definition) is 2. The molecule has 0 atom stereocenters. The zero-order valence-corrected chi connectivity index (χ0v) is 17.1. The number of benzene rings is 1. The summed E-state index contributed by atoms with van der Waals surface area (Å²) in [5.74, 6) is 0.326. The molecule has 0 radical (unpaired) electrons. The van der Waals surface area contributed by atoms with Crippen LogP contribution in [0, 0.1) is 5.41 Å². The Kier molecular flexibility index (Phi) is 4.32. The molecule has 5 rings (SSSR count). The van der Waals surface area contributed by atoms with E-state index in [1.54, 1.807) is 11.7 Å². The first-order valence-corrected chi connectivity index (χ1v) is 10.8. The number of aryl methyl sites for hydroxylation is 1. The maximum absolute atomic E-state index is 13.3. The third kappa shape index (κ3) is 3.05. The van der Waals surface area contributed by atoms with Gasteiger partial charge in [0.1, 0.15) is 5.82 Å². The fourth-order valence-corrected chi connectivity index (χ4v) is 4.87. The van der Waals surface area contributed by atoms with Crippen molar-refractivity contribution in [1.82, 2.24) is 9.78 Å². The molecular weight excluding hydrogens is 391 g/mol. The molecule has 1 aromatic heterocycles. The van der Waals surface area contributed by atoms with E-state index in [1.165, 1.54) is 5.56 Å². The number of anilines is 1. The molecule has 1 aromatic carbocycles. The first kappa shape index (κ1) is 19.6. The van der Waals surface area contributed by atoms with E-state index in [0.29, 0.717) is 11.7 Å². The van der Waals surface area contributed by atoms with Crippen LogP contribution in [0.15, 0.2) is 30.3 Å². The first-order valence-electron chi connectivity index (χ1n) is 10.8. The summed E-state index contributed by atoms with van der Waals surface area (Å²) in [5.41, 5.74) is 1.27. The SMILES string of the molecule is Cn1nc(C2(c3ccccc3)CC2)c(C2CCC2)c1NC(=O)CC1(C(F)(F)F)CC1. The number of amides is 1. The van der Waals surface area contributed by atoms with Gasteiger partial charge in [-0.3, -0.25) is 9.48 Å². The largest absolute Gasteiger partial charge is 0.395 e. The molecule has 1 amide bonds. The molecule has 3 saturated carbocycles. The third-order valence-corrected chi connectivity index (χ3v) is 7.34. The summed E-state index contributed by atoms with van der Waals surface area (Å²) >= 11 is 0. The lowest BCUT2D eigenvalue weighted by Crippen LogP contribution is -2.30. The number of aromatic nitrogens is 2. The van der Waals surface area contributed by atoms with E-state index in [-0.39, 0.29) is 18.3 Å². The quantitative estimate of drug-likeness (QED) is 0.680. The average molecular weight is 417 g/mol. The Morgan fingerprint density at radius 3 is 2.33 bits per heavy atom. The van der Waals surface area contributed by atoms with E-state index in [2.05, 4.69) is 17.4 Å². The summed E-state index contributed by atoms with van der Waals surface area (Å²) in [7, 11) is 1.78. The number of carbonyl (C=O) groups excluding carboxylic acids is 1. The van der Waals surface area contributed by atoms with Crippen molar-refractivity contribution in [1.29, 1.82) is 0 Å². The summed E-state index contributed by atoms with van der Waals surface area (Å²) in [6.45, 7) is 0. The second-order valence-corrected chi connectivity index (χ2v) is 9.31. The molecule has 3 aliphatic carbocycles. The molecule has 160 valence electrons. The molecule has 0 saturated heterocycles. The van der Waals surface area contributed by atoms with Crippen LogP contribution in [0.4, 0.5) is 19.0 Å². The summed E-state index contributed by atoms with van der Waals surface area (Å²) in [6.07, 6.45) is 0.409. The standard InChI is InChI=1S/C23H26F3N3O/c1-29-20(27-17(30)14-21(10-11-21)23(24,25)26)18(15-6-5-7-15)19(28-29)22(12-13-22)16-8-3-2-4-9-16/h2-4,8-9,15H,5-7,10-14H2,1H3,(H,27,30). The maximum atomic E-state index is 13.3. The van der Waals surface area contributed by atoms with Gasteiger partial charge in [-0.05, 0) is 50.0 Å². The Hall–Kier alpha value is -2.31. The third-order valence-electron chi connectivity index (χ3n) is 7.34. The van der Waals surface area contributed by atoms with Gasteiger partial charge >= 0.3 is 6.18 Å². The highest BCUT2D eigenvalue weighted by atomic mass is 19.4. The molecule has 0 spiro atoms. The van der Waals surface area contributed by atoms with Gasteiger partial charge in [-0.25, -0.2) is 0 Å². The van der Waals surface area contributed by atoms with Crippen LogP contribution in [-0.4, -0.2) is 21.9 Å². The van der Waals surface area contributed by atoms with Crippen molar-refractivity contribution in [3.63, 3.8) is 0 Å². The van der Waals surface area contributed by atoms with Crippen molar-refractivity contribution in [2.24, 2.45) is 12.5 Å². The highest BCUT2D eigenvalue weighted by Gasteiger charge is 2.63. The summed E-state index contributed by atoms with van der Waals surface area (Å²) in [6, 6.07) is 10.3. The number of rotatable bonds is 6. The van der Waals surface area contributed by atoms with E-state index in [0.717, 1.165) is 43.4 Å². The van der Waals surface area contributed by atoms with Crippen molar-refractivity contribution in [2.75, 3.05) is 5.32 Å². The zero-order chi connectivity index (χ0) is 21.1. The van der Waals surface area contributed by atoms with Gasteiger partial charge in [-0.1, -0.05) is 36.8 Å². The topological polar surface area (TPSA) is 46.9 Å². The van der Waals surface area contributed by atoms with E-state index in [4.69, 9.17) is 5.10 Å². The fourth-order valence-electron chi connectivity index (χ4n) is 4.87. The number of nitrogens with zero attached hydrogens (tertiary/aromatic N) is 2. The number of nitrogens with one attached hydrogen (secondary N) is 1. The molecule has 0 aliphatic heterocycles. The van der Waals surface area contributed by atoms with Gasteiger partial charge < -0.3 is 5.32 Å². The summed E-state index contributed by atoms with van der Waals surface area (Å²) < 4.78 is 41.6. The van der Waals surface area contributed by atoms with Crippen LogP contribution in [0.2, 0.25) is 0 Å². The number of alkyl halides is 3. The second kappa shape index (κ2) is 6.59. The van der Waals surface area contributed by atoms with Gasteiger partial charge in [0.05, 0.1) is 11.1 Å². The minimum atomic E-state index is -4.33. The molecule has 30 heavy (non-hydrogen) atoms. The highest BCUT2D eigenvalue weighted by molar-refractivity contribution is 5.92. The molecule has 1 N–H and O–H groups in total. The zero-order valence-electron chi connectivity index (χ0n) is 17.1. The van der Waals surface area contributed by atoms with Gasteiger partial charge in [0.15, 0.2) is 0 Å². The Morgan fingerprint density at radius 1 is 1.17 bits per heavy atom. The molecule has 3 fully saturated rings. The Morgan fingerprint density at radius 2 is 1.83 bits per heavy atom. The van der Waals surface area contributed by atoms with Crippen LogP contribution in [0.1, 0.15) is 74.1 Å². The average Bonchev–Trinajstić information content (AvgIpc) is 3.56. The first-order chi connectivity index (χ1) is 14.3. The molecule has 1 heterocycles. The Bertz CT molecular complexity index is 968. The molecule has 3 aliphatic rings.